The van der Waals surface area contributed by atoms with E-state index in [0.717, 1.165) is 54.2 Å². The van der Waals surface area contributed by atoms with Gasteiger partial charge in [-0.25, -0.2) is 14.8 Å². The molecule has 1 saturated heterocycles. The van der Waals surface area contributed by atoms with E-state index in [0.29, 0.717) is 19.6 Å². The van der Waals surface area contributed by atoms with E-state index in [-0.39, 0.29) is 29.3 Å². The summed E-state index contributed by atoms with van der Waals surface area (Å²) in [6, 6.07) is 8.17. The molecular formula is C27H31Cl2N5O2. The van der Waals surface area contributed by atoms with Crippen LogP contribution >= 0.6 is 23.2 Å². The predicted octanol–water partition coefficient (Wildman–Crippen LogP) is 5.50. The fourth-order valence-electron chi connectivity index (χ4n) is 6.07. The smallest absolute Gasteiger partial charge is 0.410 e. The van der Waals surface area contributed by atoms with Crippen LogP contribution in [0, 0.1) is 11.3 Å². The molecule has 2 atom stereocenters. The van der Waals surface area contributed by atoms with Crippen molar-refractivity contribution in [2.45, 2.75) is 76.4 Å². The van der Waals surface area contributed by atoms with Crippen LogP contribution < -0.4 is 4.90 Å². The molecule has 1 aromatic heterocycles. The minimum Gasteiger partial charge on any atom is -0.444 e. The lowest BCUT2D eigenvalue weighted by Gasteiger charge is -2.43. The number of amides is 1. The molecule has 2 aliphatic carbocycles. The number of halogens is 2. The van der Waals surface area contributed by atoms with Crippen molar-refractivity contribution in [3.63, 3.8) is 0 Å². The number of fused-ring (bicyclic) bond motifs is 3. The van der Waals surface area contributed by atoms with Crippen molar-refractivity contribution in [1.82, 2.24) is 14.9 Å². The molecule has 0 bridgehead atoms. The van der Waals surface area contributed by atoms with Gasteiger partial charge in [-0.15, -0.1) is 0 Å². The number of carbonyl (C=O) groups is 1. The summed E-state index contributed by atoms with van der Waals surface area (Å²) in [6.07, 6.45) is 4.54. The second kappa shape index (κ2) is 9.39. The van der Waals surface area contributed by atoms with Gasteiger partial charge in [0, 0.05) is 35.6 Å². The molecule has 1 aliphatic heterocycles. The van der Waals surface area contributed by atoms with Crippen LogP contribution in [0.2, 0.25) is 10.3 Å². The minimum absolute atomic E-state index is 0.0287. The van der Waals surface area contributed by atoms with Gasteiger partial charge >= 0.3 is 6.09 Å². The summed E-state index contributed by atoms with van der Waals surface area (Å²) < 4.78 is 5.60. The number of hydrogen-bond donors (Lipinski definition) is 0. The molecule has 3 aliphatic rings. The maximum absolute atomic E-state index is 12.8. The lowest BCUT2D eigenvalue weighted by atomic mass is 9.69. The van der Waals surface area contributed by atoms with Gasteiger partial charge in [0.05, 0.1) is 24.2 Å². The van der Waals surface area contributed by atoms with Gasteiger partial charge in [0.2, 0.25) is 5.28 Å². The molecule has 9 heteroatoms. The molecule has 5 rings (SSSR count). The van der Waals surface area contributed by atoms with Crippen LogP contribution in [-0.2, 0) is 29.4 Å². The quantitative estimate of drug-likeness (QED) is 0.479. The van der Waals surface area contributed by atoms with Gasteiger partial charge in [-0.1, -0.05) is 23.7 Å². The minimum atomic E-state index is -0.594. The second-order valence-corrected chi connectivity index (χ2v) is 11.8. The Hall–Kier alpha value is -2.56. The van der Waals surface area contributed by atoms with Gasteiger partial charge in [0.15, 0.2) is 0 Å². The first-order valence-corrected chi connectivity index (χ1v) is 13.3. The first-order valence-electron chi connectivity index (χ1n) is 12.5. The summed E-state index contributed by atoms with van der Waals surface area (Å²) in [7, 11) is 0. The zero-order valence-corrected chi connectivity index (χ0v) is 22.5. The van der Waals surface area contributed by atoms with Gasteiger partial charge in [0.25, 0.3) is 0 Å². The number of rotatable bonds is 2. The molecule has 190 valence electrons. The lowest BCUT2D eigenvalue weighted by Crippen LogP contribution is -2.56. The SMILES string of the molecule is CC(C)(C)OC(=O)N1CCN(c2nc(Cl)nc3c2CCC2(CCc4c(Cl)cccc42)C3)C[C@@H]1CC#N. The Labute approximate surface area is 222 Å². The maximum atomic E-state index is 12.8. The standard InChI is InChI=1S/C27H31Cl2N5O2/c1-26(2,3)36-25(35)34-14-13-33(16-17(34)9-12-30)23-19-8-11-27(15-22(19)31-24(29)32-23)10-7-18-20(27)5-4-6-21(18)28/h4-6,17H,7-11,13-16H2,1-3H3/t17-,27?/m0/s1. The molecule has 1 amide bonds. The summed E-state index contributed by atoms with van der Waals surface area (Å²) in [5.74, 6) is 0.830. The van der Waals surface area contributed by atoms with Gasteiger partial charge in [0.1, 0.15) is 11.4 Å². The summed E-state index contributed by atoms with van der Waals surface area (Å²) in [6.45, 7) is 7.07. The summed E-state index contributed by atoms with van der Waals surface area (Å²) >= 11 is 13.0. The van der Waals surface area contributed by atoms with Crippen molar-refractivity contribution in [3.05, 3.63) is 50.9 Å². The molecule has 1 aromatic carbocycles. The topological polar surface area (TPSA) is 82.3 Å². The fraction of sp³-hybridized carbons (Fsp3) is 0.556. The predicted molar refractivity (Wildman–Crippen MR) is 140 cm³/mol. The van der Waals surface area contributed by atoms with Crippen LogP contribution in [0.1, 0.15) is 62.4 Å². The monoisotopic (exact) mass is 527 g/mol. The normalized spacial score (nSPS) is 23.3. The number of carbonyl (C=O) groups excluding carboxylic acids is 1. The molecule has 1 spiro atoms. The number of hydrogen-bond acceptors (Lipinski definition) is 6. The van der Waals surface area contributed by atoms with Crippen molar-refractivity contribution in [2.75, 3.05) is 24.5 Å². The Morgan fingerprint density at radius 1 is 1.19 bits per heavy atom. The molecule has 0 radical (unpaired) electrons. The van der Waals surface area contributed by atoms with Crippen LogP contribution in [0.3, 0.4) is 0 Å². The Morgan fingerprint density at radius 3 is 2.67 bits per heavy atom. The van der Waals surface area contributed by atoms with Gasteiger partial charge in [-0.05, 0) is 81.7 Å². The van der Waals surface area contributed by atoms with Crippen molar-refractivity contribution < 1.29 is 9.53 Å². The van der Waals surface area contributed by atoms with Crippen LogP contribution in [0.5, 0.6) is 0 Å². The van der Waals surface area contributed by atoms with E-state index in [9.17, 15) is 10.1 Å². The summed E-state index contributed by atoms with van der Waals surface area (Å²) in [4.78, 5) is 26.0. The third-order valence-electron chi connectivity index (χ3n) is 7.68. The Kier molecular flexibility index (Phi) is 6.55. The van der Waals surface area contributed by atoms with E-state index in [1.54, 1.807) is 4.90 Å². The highest BCUT2D eigenvalue weighted by Gasteiger charge is 2.44. The van der Waals surface area contributed by atoms with Crippen LogP contribution in [-0.4, -0.2) is 52.2 Å². The molecule has 0 N–H and O–H groups in total. The summed E-state index contributed by atoms with van der Waals surface area (Å²) in [5, 5.41) is 10.5. The first-order chi connectivity index (χ1) is 17.1. The van der Waals surface area contributed by atoms with Crippen molar-refractivity contribution in [1.29, 1.82) is 5.26 Å². The highest BCUT2D eigenvalue weighted by Crippen LogP contribution is 2.50. The van der Waals surface area contributed by atoms with Gasteiger partial charge in [-0.3, -0.25) is 0 Å². The zero-order chi connectivity index (χ0) is 25.7. The van der Waals surface area contributed by atoms with Crippen molar-refractivity contribution >= 4 is 35.1 Å². The fourth-order valence-corrected chi connectivity index (χ4v) is 6.52. The number of piperazine rings is 1. The van der Waals surface area contributed by atoms with Crippen molar-refractivity contribution in [3.8, 4) is 6.07 Å². The van der Waals surface area contributed by atoms with Crippen LogP contribution in [0.15, 0.2) is 18.2 Å². The van der Waals surface area contributed by atoms with E-state index < -0.39 is 5.60 Å². The van der Waals surface area contributed by atoms with E-state index in [1.165, 1.54) is 11.1 Å². The first kappa shape index (κ1) is 25.1. The van der Waals surface area contributed by atoms with Crippen molar-refractivity contribution in [2.24, 2.45) is 0 Å². The average Bonchev–Trinajstić information content (AvgIpc) is 3.16. The van der Waals surface area contributed by atoms with E-state index in [1.807, 2.05) is 32.9 Å². The molecule has 2 heterocycles. The molecule has 7 nitrogen and oxygen atoms in total. The Bertz CT molecular complexity index is 1240. The number of ether oxygens (including phenoxy) is 1. The van der Waals surface area contributed by atoms with Crippen LogP contribution in [0.25, 0.3) is 0 Å². The maximum Gasteiger partial charge on any atom is 0.410 e. The molecule has 1 fully saturated rings. The largest absolute Gasteiger partial charge is 0.444 e. The number of nitriles is 1. The van der Waals surface area contributed by atoms with Gasteiger partial charge < -0.3 is 14.5 Å². The van der Waals surface area contributed by atoms with E-state index in [2.05, 4.69) is 27.0 Å². The molecule has 36 heavy (non-hydrogen) atoms. The zero-order valence-electron chi connectivity index (χ0n) is 21.0. The number of aromatic nitrogens is 2. The Balaban J connectivity index is 1.42. The molecule has 2 aromatic rings. The number of anilines is 1. The lowest BCUT2D eigenvalue weighted by molar-refractivity contribution is 0.0144. The number of nitrogens with zero attached hydrogens (tertiary/aromatic N) is 5. The highest BCUT2D eigenvalue weighted by molar-refractivity contribution is 6.31. The average molecular weight is 528 g/mol. The number of benzene rings is 1. The molecule has 0 saturated carbocycles. The van der Waals surface area contributed by atoms with Gasteiger partial charge in [-0.2, -0.15) is 5.26 Å². The highest BCUT2D eigenvalue weighted by atomic mass is 35.5. The molecule has 1 unspecified atom stereocenters. The van der Waals surface area contributed by atoms with Crippen LogP contribution in [0.4, 0.5) is 10.6 Å². The second-order valence-electron chi connectivity index (χ2n) is 11.1. The third kappa shape index (κ3) is 4.62. The van der Waals surface area contributed by atoms with E-state index in [4.69, 9.17) is 27.9 Å². The summed E-state index contributed by atoms with van der Waals surface area (Å²) in [5.41, 5.74) is 4.17. The third-order valence-corrected chi connectivity index (χ3v) is 8.21. The van der Waals surface area contributed by atoms with E-state index >= 15 is 0 Å². The Morgan fingerprint density at radius 2 is 1.94 bits per heavy atom. The molecular weight excluding hydrogens is 497 g/mol.